The second-order valence-electron chi connectivity index (χ2n) is 7.11. The topological polar surface area (TPSA) is 52.6 Å². The molecule has 0 radical (unpaired) electrons. The molecule has 0 aliphatic heterocycles. The van der Waals surface area contributed by atoms with Gasteiger partial charge in [-0.1, -0.05) is 41.5 Å². The predicted octanol–water partition coefficient (Wildman–Crippen LogP) is 3.58. The molecule has 0 aromatic rings. The SMILES string of the molecule is CCOC(=O)CC(C(=O)OCC)(C(C)(C)C)C(C)(C)C. The van der Waals surface area contributed by atoms with E-state index in [2.05, 4.69) is 0 Å². The summed E-state index contributed by atoms with van der Waals surface area (Å²) in [6.45, 7) is 16.0. The molecule has 0 amide bonds. The molecule has 0 aliphatic carbocycles. The number of hydrogen-bond acceptors (Lipinski definition) is 4. The van der Waals surface area contributed by atoms with Crippen molar-refractivity contribution in [1.29, 1.82) is 0 Å². The van der Waals surface area contributed by atoms with Crippen LogP contribution in [0.25, 0.3) is 0 Å². The summed E-state index contributed by atoms with van der Waals surface area (Å²) in [5.74, 6) is -0.682. The van der Waals surface area contributed by atoms with Crippen LogP contribution >= 0.6 is 0 Å². The smallest absolute Gasteiger partial charge is 0.313 e. The van der Waals surface area contributed by atoms with E-state index in [9.17, 15) is 9.59 Å². The van der Waals surface area contributed by atoms with Crippen molar-refractivity contribution in [3.8, 4) is 0 Å². The lowest BCUT2D eigenvalue weighted by Crippen LogP contribution is -2.54. The molecule has 0 aromatic carbocycles. The molecule has 118 valence electrons. The highest BCUT2D eigenvalue weighted by Gasteiger charge is 2.58. The van der Waals surface area contributed by atoms with Gasteiger partial charge in [0.2, 0.25) is 0 Å². The van der Waals surface area contributed by atoms with E-state index in [0.29, 0.717) is 13.2 Å². The van der Waals surface area contributed by atoms with Crippen LogP contribution in [-0.4, -0.2) is 25.2 Å². The quantitative estimate of drug-likeness (QED) is 0.725. The van der Waals surface area contributed by atoms with E-state index >= 15 is 0 Å². The van der Waals surface area contributed by atoms with Gasteiger partial charge in [0.25, 0.3) is 0 Å². The van der Waals surface area contributed by atoms with Gasteiger partial charge in [0.1, 0.15) is 0 Å². The van der Waals surface area contributed by atoms with E-state index in [0.717, 1.165) is 0 Å². The monoisotopic (exact) mass is 286 g/mol. The largest absolute Gasteiger partial charge is 0.466 e. The van der Waals surface area contributed by atoms with Gasteiger partial charge in [-0.2, -0.15) is 0 Å². The van der Waals surface area contributed by atoms with Crippen molar-refractivity contribution in [2.24, 2.45) is 16.2 Å². The van der Waals surface area contributed by atoms with E-state index < -0.39 is 16.2 Å². The minimum absolute atomic E-state index is 0.0344. The van der Waals surface area contributed by atoms with Crippen LogP contribution in [0.2, 0.25) is 0 Å². The molecule has 0 aliphatic rings. The lowest BCUT2D eigenvalue weighted by atomic mass is 9.52. The van der Waals surface area contributed by atoms with E-state index in [1.165, 1.54) is 0 Å². The van der Waals surface area contributed by atoms with Gasteiger partial charge in [0, 0.05) is 0 Å². The van der Waals surface area contributed by atoms with Gasteiger partial charge in [-0.25, -0.2) is 0 Å². The minimum Gasteiger partial charge on any atom is -0.466 e. The molecule has 4 heteroatoms. The summed E-state index contributed by atoms with van der Waals surface area (Å²) in [6.07, 6.45) is 0.0344. The average molecular weight is 286 g/mol. The maximum absolute atomic E-state index is 12.7. The van der Waals surface area contributed by atoms with Crippen LogP contribution in [0.15, 0.2) is 0 Å². The number of carbonyl (C=O) groups is 2. The number of esters is 2. The molecule has 0 atom stereocenters. The summed E-state index contributed by atoms with van der Waals surface area (Å²) < 4.78 is 10.4. The number of rotatable bonds is 5. The van der Waals surface area contributed by atoms with Crippen LogP contribution in [0.1, 0.15) is 61.8 Å². The molecule has 0 rings (SSSR count). The predicted molar refractivity (Wildman–Crippen MR) is 79.2 cm³/mol. The Balaban J connectivity index is 5.83. The molecule has 0 spiro atoms. The van der Waals surface area contributed by atoms with Crippen LogP contribution in [0, 0.1) is 16.2 Å². The van der Waals surface area contributed by atoms with E-state index in [1.807, 2.05) is 41.5 Å². The molecular formula is C16H30O4. The first-order valence-electron chi connectivity index (χ1n) is 7.27. The van der Waals surface area contributed by atoms with Gasteiger partial charge in [0.15, 0.2) is 0 Å². The van der Waals surface area contributed by atoms with Gasteiger partial charge in [-0.05, 0) is 24.7 Å². The third kappa shape index (κ3) is 3.74. The van der Waals surface area contributed by atoms with Crippen LogP contribution < -0.4 is 0 Å². The van der Waals surface area contributed by atoms with Crippen molar-refractivity contribution < 1.29 is 19.1 Å². The van der Waals surface area contributed by atoms with E-state index in [4.69, 9.17) is 9.47 Å². The van der Waals surface area contributed by atoms with Gasteiger partial charge < -0.3 is 9.47 Å². The maximum Gasteiger partial charge on any atom is 0.313 e. The highest BCUT2D eigenvalue weighted by Crippen LogP contribution is 2.55. The Hall–Kier alpha value is -1.06. The fraction of sp³-hybridized carbons (Fsp3) is 0.875. The van der Waals surface area contributed by atoms with Crippen LogP contribution in [-0.2, 0) is 19.1 Å². The summed E-state index contributed by atoms with van der Waals surface area (Å²) in [5, 5.41) is 0. The summed E-state index contributed by atoms with van der Waals surface area (Å²) in [5.41, 5.74) is -1.78. The van der Waals surface area contributed by atoms with Crippen LogP contribution in [0.3, 0.4) is 0 Å². The van der Waals surface area contributed by atoms with Crippen molar-refractivity contribution in [1.82, 2.24) is 0 Å². The zero-order valence-electron chi connectivity index (χ0n) is 14.3. The average Bonchev–Trinajstić information content (AvgIpc) is 2.22. The van der Waals surface area contributed by atoms with Crippen LogP contribution in [0.4, 0.5) is 0 Å². The summed E-state index contributed by atoms with van der Waals surface area (Å²) in [6, 6.07) is 0. The molecule has 0 bridgehead atoms. The van der Waals surface area contributed by atoms with E-state index in [-0.39, 0.29) is 18.4 Å². The number of ether oxygens (including phenoxy) is 2. The lowest BCUT2D eigenvalue weighted by molar-refractivity contribution is -0.182. The highest BCUT2D eigenvalue weighted by atomic mass is 16.5. The minimum atomic E-state index is -0.928. The van der Waals surface area contributed by atoms with Gasteiger partial charge in [-0.15, -0.1) is 0 Å². The first kappa shape index (κ1) is 18.9. The van der Waals surface area contributed by atoms with E-state index in [1.54, 1.807) is 13.8 Å². The first-order valence-corrected chi connectivity index (χ1v) is 7.27. The fourth-order valence-electron chi connectivity index (χ4n) is 3.02. The molecule has 0 fully saturated rings. The van der Waals surface area contributed by atoms with Gasteiger partial charge >= 0.3 is 11.9 Å². The maximum atomic E-state index is 12.7. The highest BCUT2D eigenvalue weighted by molar-refractivity contribution is 5.85. The molecule has 0 N–H and O–H groups in total. The Kier molecular flexibility index (Phi) is 6.25. The Morgan fingerprint density at radius 1 is 0.800 bits per heavy atom. The second kappa shape index (κ2) is 6.59. The standard InChI is InChI=1S/C16H30O4/c1-9-19-12(17)11-16(14(3,4)5,15(6,7)8)13(18)20-10-2/h9-11H2,1-8H3. The summed E-state index contributed by atoms with van der Waals surface area (Å²) in [7, 11) is 0. The zero-order chi connectivity index (χ0) is 16.2. The fourth-order valence-corrected chi connectivity index (χ4v) is 3.02. The van der Waals surface area contributed by atoms with Crippen molar-refractivity contribution in [2.75, 3.05) is 13.2 Å². The lowest BCUT2D eigenvalue weighted by Gasteiger charge is -2.50. The van der Waals surface area contributed by atoms with Crippen molar-refractivity contribution in [2.45, 2.75) is 61.8 Å². The third-order valence-electron chi connectivity index (χ3n) is 3.90. The molecule has 0 heterocycles. The Bertz CT molecular complexity index is 330. The Morgan fingerprint density at radius 3 is 1.50 bits per heavy atom. The van der Waals surface area contributed by atoms with Crippen molar-refractivity contribution in [3.63, 3.8) is 0 Å². The molecular weight excluding hydrogens is 256 g/mol. The number of carbonyl (C=O) groups excluding carboxylic acids is 2. The van der Waals surface area contributed by atoms with Gasteiger partial charge in [-0.3, -0.25) is 9.59 Å². The summed E-state index contributed by atoms with van der Waals surface area (Å²) >= 11 is 0. The first-order chi connectivity index (χ1) is 8.94. The number of hydrogen-bond donors (Lipinski definition) is 0. The molecule has 20 heavy (non-hydrogen) atoms. The Morgan fingerprint density at radius 2 is 1.20 bits per heavy atom. The Labute approximate surface area is 123 Å². The molecule has 4 nitrogen and oxygen atoms in total. The van der Waals surface area contributed by atoms with Crippen molar-refractivity contribution in [3.05, 3.63) is 0 Å². The third-order valence-corrected chi connectivity index (χ3v) is 3.90. The molecule has 0 saturated carbocycles. The van der Waals surface area contributed by atoms with Gasteiger partial charge in [0.05, 0.1) is 25.0 Å². The normalized spacial score (nSPS) is 13.0. The summed E-state index contributed by atoms with van der Waals surface area (Å²) in [4.78, 5) is 24.7. The molecule has 0 saturated heterocycles. The van der Waals surface area contributed by atoms with Crippen LogP contribution in [0.5, 0.6) is 0 Å². The second-order valence-corrected chi connectivity index (χ2v) is 7.11. The molecule has 0 aromatic heterocycles. The molecule has 0 unspecified atom stereocenters. The zero-order valence-corrected chi connectivity index (χ0v) is 14.3. The van der Waals surface area contributed by atoms with Crippen molar-refractivity contribution >= 4 is 11.9 Å².